The van der Waals surface area contributed by atoms with Gasteiger partial charge in [0.25, 0.3) is 0 Å². The maximum Gasteiger partial charge on any atom is 0.0859 e. The van der Waals surface area contributed by atoms with Crippen LogP contribution in [-0.4, -0.2) is 0 Å². The van der Waals surface area contributed by atoms with Gasteiger partial charge in [-0.15, -0.1) is 0 Å². The van der Waals surface area contributed by atoms with Gasteiger partial charge in [-0.3, -0.25) is 0 Å². The molecule has 0 heterocycles. The molecule has 0 aromatic heterocycles. The molecule has 3 heteroatoms. The largest absolute Gasteiger partial charge is 0.399 e. The molecule has 0 aliphatic heterocycles. The van der Waals surface area contributed by atoms with Gasteiger partial charge in [0.1, 0.15) is 0 Å². The quantitative estimate of drug-likeness (QED) is 0.616. The highest BCUT2D eigenvalue weighted by molar-refractivity contribution is 5.48. The summed E-state index contributed by atoms with van der Waals surface area (Å²) in [4.78, 5) is 0. The molecule has 2 N–H and O–H groups in total. The van der Waals surface area contributed by atoms with E-state index in [-0.39, 0.29) is 0 Å². The Hall–Kier alpha value is -2.16. The molecule has 86 valence electrons. The summed E-state index contributed by atoms with van der Waals surface area (Å²) in [5, 5.41) is 8.36. The Morgan fingerprint density at radius 3 is 2.35 bits per heavy atom. The van der Waals surface area contributed by atoms with Gasteiger partial charge in [0.05, 0.1) is 11.4 Å². The van der Waals surface area contributed by atoms with Gasteiger partial charge in [-0.25, -0.2) is 0 Å². The fourth-order valence-corrected chi connectivity index (χ4v) is 1.50. The van der Waals surface area contributed by atoms with Gasteiger partial charge < -0.3 is 5.73 Å². The van der Waals surface area contributed by atoms with Crippen LogP contribution in [-0.2, 0) is 6.42 Å². The van der Waals surface area contributed by atoms with Crippen LogP contribution in [0.3, 0.4) is 0 Å². The third-order valence-corrected chi connectivity index (χ3v) is 2.49. The zero-order valence-corrected chi connectivity index (χ0v) is 9.80. The minimum atomic E-state index is 0.733. The second-order valence-corrected chi connectivity index (χ2v) is 3.81. The Morgan fingerprint density at radius 1 is 0.941 bits per heavy atom. The maximum atomic E-state index is 5.60. The van der Waals surface area contributed by atoms with Crippen LogP contribution in [0.1, 0.15) is 12.5 Å². The van der Waals surface area contributed by atoms with Crippen molar-refractivity contribution in [2.24, 2.45) is 10.2 Å². The smallest absolute Gasteiger partial charge is 0.0859 e. The number of aryl methyl sites for hydroxylation is 1. The lowest BCUT2D eigenvalue weighted by Gasteiger charge is -1.97. The number of hydrogen-bond acceptors (Lipinski definition) is 3. The van der Waals surface area contributed by atoms with Gasteiger partial charge in [0, 0.05) is 5.69 Å². The van der Waals surface area contributed by atoms with E-state index in [0.717, 1.165) is 23.5 Å². The van der Waals surface area contributed by atoms with Crippen molar-refractivity contribution >= 4 is 17.1 Å². The first-order chi connectivity index (χ1) is 8.28. The SMILES string of the molecule is CCc1cccc(N=Nc2ccc(N)cc2)c1. The van der Waals surface area contributed by atoms with Crippen molar-refractivity contribution in [2.45, 2.75) is 13.3 Å². The van der Waals surface area contributed by atoms with Gasteiger partial charge in [0.15, 0.2) is 0 Å². The molecule has 0 atom stereocenters. The highest BCUT2D eigenvalue weighted by atomic mass is 15.1. The number of nitrogens with zero attached hydrogens (tertiary/aromatic N) is 2. The molecule has 0 radical (unpaired) electrons. The molecule has 0 spiro atoms. The normalized spacial score (nSPS) is 10.9. The predicted molar refractivity (Wildman–Crippen MR) is 70.9 cm³/mol. The van der Waals surface area contributed by atoms with E-state index >= 15 is 0 Å². The molecular formula is C14H15N3. The number of azo groups is 1. The van der Waals surface area contributed by atoms with Crippen molar-refractivity contribution in [3.63, 3.8) is 0 Å². The molecule has 3 nitrogen and oxygen atoms in total. The first-order valence-electron chi connectivity index (χ1n) is 5.64. The molecule has 2 aromatic carbocycles. The molecule has 0 unspecified atom stereocenters. The van der Waals surface area contributed by atoms with Crippen LogP contribution in [0.25, 0.3) is 0 Å². The Morgan fingerprint density at radius 2 is 1.65 bits per heavy atom. The lowest BCUT2D eigenvalue weighted by molar-refractivity contribution is 1.13. The van der Waals surface area contributed by atoms with Gasteiger partial charge in [-0.1, -0.05) is 19.1 Å². The second-order valence-electron chi connectivity index (χ2n) is 3.81. The third kappa shape index (κ3) is 3.14. The summed E-state index contributed by atoms with van der Waals surface area (Å²) in [7, 11) is 0. The Balaban J connectivity index is 2.16. The van der Waals surface area contributed by atoms with Gasteiger partial charge >= 0.3 is 0 Å². The van der Waals surface area contributed by atoms with Crippen LogP contribution in [0.15, 0.2) is 58.8 Å². The molecular weight excluding hydrogens is 210 g/mol. The first-order valence-corrected chi connectivity index (χ1v) is 5.64. The van der Waals surface area contributed by atoms with Gasteiger partial charge in [-0.05, 0) is 48.4 Å². The van der Waals surface area contributed by atoms with Crippen LogP contribution in [0, 0.1) is 0 Å². The van der Waals surface area contributed by atoms with Gasteiger partial charge in [-0.2, -0.15) is 10.2 Å². The van der Waals surface area contributed by atoms with Crippen molar-refractivity contribution in [1.82, 2.24) is 0 Å². The standard InChI is InChI=1S/C14H15N3/c1-2-11-4-3-5-14(10-11)17-16-13-8-6-12(15)7-9-13/h3-10H,2,15H2,1H3. The van der Waals surface area contributed by atoms with E-state index in [1.54, 1.807) is 0 Å². The average molecular weight is 225 g/mol. The lowest BCUT2D eigenvalue weighted by Crippen LogP contribution is -1.80. The zero-order valence-electron chi connectivity index (χ0n) is 9.80. The number of nitrogens with two attached hydrogens (primary N) is 1. The fourth-order valence-electron chi connectivity index (χ4n) is 1.50. The molecule has 2 aromatic rings. The van der Waals surface area contributed by atoms with E-state index in [1.807, 2.05) is 42.5 Å². The molecule has 17 heavy (non-hydrogen) atoms. The highest BCUT2D eigenvalue weighted by Gasteiger charge is 1.93. The molecule has 0 saturated carbocycles. The Labute approximate surface area is 101 Å². The molecule has 0 amide bonds. The number of nitrogen functional groups attached to an aromatic ring is 1. The highest BCUT2D eigenvalue weighted by Crippen LogP contribution is 2.20. The monoisotopic (exact) mass is 225 g/mol. The molecule has 0 saturated heterocycles. The molecule has 0 aliphatic carbocycles. The average Bonchev–Trinajstić information content (AvgIpc) is 2.38. The summed E-state index contributed by atoms with van der Waals surface area (Å²) in [5.74, 6) is 0. The summed E-state index contributed by atoms with van der Waals surface area (Å²) < 4.78 is 0. The third-order valence-electron chi connectivity index (χ3n) is 2.49. The molecule has 0 bridgehead atoms. The summed E-state index contributed by atoms with van der Waals surface area (Å²) >= 11 is 0. The van der Waals surface area contributed by atoms with E-state index in [2.05, 4.69) is 23.2 Å². The predicted octanol–water partition coefficient (Wildman–Crippen LogP) is 4.25. The summed E-state index contributed by atoms with van der Waals surface area (Å²) in [6, 6.07) is 15.4. The van der Waals surface area contributed by atoms with Crippen molar-refractivity contribution in [3.05, 3.63) is 54.1 Å². The number of rotatable bonds is 3. The van der Waals surface area contributed by atoms with Crippen molar-refractivity contribution in [1.29, 1.82) is 0 Å². The molecule has 0 fully saturated rings. The number of benzene rings is 2. The fraction of sp³-hybridized carbons (Fsp3) is 0.143. The summed E-state index contributed by atoms with van der Waals surface area (Å²) in [6.45, 7) is 2.12. The topological polar surface area (TPSA) is 50.7 Å². The van der Waals surface area contributed by atoms with Crippen molar-refractivity contribution < 1.29 is 0 Å². The number of hydrogen-bond donors (Lipinski definition) is 1. The van der Waals surface area contributed by atoms with E-state index in [9.17, 15) is 0 Å². The van der Waals surface area contributed by atoms with E-state index in [4.69, 9.17) is 5.73 Å². The van der Waals surface area contributed by atoms with Crippen LogP contribution in [0.2, 0.25) is 0 Å². The molecule has 2 rings (SSSR count). The van der Waals surface area contributed by atoms with E-state index in [1.165, 1.54) is 5.56 Å². The Bertz CT molecular complexity index is 515. The van der Waals surface area contributed by atoms with Crippen LogP contribution < -0.4 is 5.73 Å². The lowest BCUT2D eigenvalue weighted by atomic mass is 10.1. The summed E-state index contributed by atoms with van der Waals surface area (Å²) in [6.07, 6.45) is 1.01. The maximum absolute atomic E-state index is 5.60. The second kappa shape index (κ2) is 5.25. The van der Waals surface area contributed by atoms with Crippen molar-refractivity contribution in [3.8, 4) is 0 Å². The number of anilines is 1. The van der Waals surface area contributed by atoms with Crippen LogP contribution in [0.5, 0.6) is 0 Å². The minimum absolute atomic E-state index is 0.733. The van der Waals surface area contributed by atoms with Crippen LogP contribution in [0.4, 0.5) is 17.1 Å². The zero-order chi connectivity index (χ0) is 12.1. The molecule has 0 aliphatic rings. The minimum Gasteiger partial charge on any atom is -0.399 e. The first kappa shape index (κ1) is 11.3. The van der Waals surface area contributed by atoms with Gasteiger partial charge in [0.2, 0.25) is 0 Å². The summed E-state index contributed by atoms with van der Waals surface area (Å²) in [5.41, 5.74) is 9.28. The Kier molecular flexibility index (Phi) is 3.50. The van der Waals surface area contributed by atoms with E-state index < -0.39 is 0 Å². The van der Waals surface area contributed by atoms with Crippen molar-refractivity contribution in [2.75, 3.05) is 5.73 Å². The van der Waals surface area contributed by atoms with E-state index in [0.29, 0.717) is 0 Å². The van der Waals surface area contributed by atoms with Crippen LogP contribution >= 0.6 is 0 Å².